The number of benzene rings is 2. The molecule has 1 aliphatic heterocycles. The Bertz CT molecular complexity index is 1660. The molecule has 14 nitrogen and oxygen atoms in total. The number of hydrogen-bond acceptors (Lipinski definition) is 9. The van der Waals surface area contributed by atoms with Gasteiger partial charge >= 0.3 is 5.97 Å². The van der Waals surface area contributed by atoms with Crippen LogP contribution in [-0.4, -0.2) is 91.6 Å². The number of nitrogens with zero attached hydrogens (tertiary/aromatic N) is 1. The van der Waals surface area contributed by atoms with Crippen molar-refractivity contribution in [2.24, 2.45) is 5.92 Å². The fourth-order valence-corrected chi connectivity index (χ4v) is 7.02. The van der Waals surface area contributed by atoms with E-state index in [2.05, 4.69) is 21.3 Å². The maximum atomic E-state index is 14.0. The molecule has 0 saturated heterocycles. The Morgan fingerprint density at radius 1 is 0.875 bits per heavy atom. The molecule has 2 aromatic rings. The zero-order valence-electron chi connectivity index (χ0n) is 32.8. The quantitative estimate of drug-likeness (QED) is 0.185. The lowest BCUT2D eigenvalue weighted by Crippen LogP contribution is -2.54. The number of nitrogens with one attached hydrogen (secondary N) is 4. The van der Waals surface area contributed by atoms with Crippen molar-refractivity contribution in [3.8, 4) is 5.75 Å². The van der Waals surface area contributed by atoms with E-state index < -0.39 is 60.2 Å². The third-order valence-corrected chi connectivity index (χ3v) is 10.1. The van der Waals surface area contributed by atoms with Gasteiger partial charge in [-0.3, -0.25) is 28.8 Å². The molecule has 4 N–H and O–H groups in total. The SMILES string of the molecule is CCCC(NC(=O)[C@@H]1Cc2cccc(c2)OCCCCCCC(=O)N[C@@H](C2CCCCC2)C(=O)O1)C(=O)C(=O)NCC(=O)N[C@H](C(=O)N(C)C)c1ccccc1. The van der Waals surface area contributed by atoms with Crippen LogP contribution in [0.15, 0.2) is 54.6 Å². The molecule has 304 valence electrons. The summed E-state index contributed by atoms with van der Waals surface area (Å²) in [6.07, 6.45) is 6.79. The van der Waals surface area contributed by atoms with Gasteiger partial charge in [0.1, 0.15) is 17.8 Å². The molecule has 56 heavy (non-hydrogen) atoms. The van der Waals surface area contributed by atoms with Crippen molar-refractivity contribution in [1.29, 1.82) is 0 Å². The number of likely N-dealkylation sites (N-methyl/N-ethyl adjacent to an activating group) is 1. The second-order valence-corrected chi connectivity index (χ2v) is 14.8. The molecule has 2 bridgehead atoms. The van der Waals surface area contributed by atoms with E-state index >= 15 is 0 Å². The van der Waals surface area contributed by atoms with Gasteiger partial charge in [-0.1, -0.05) is 87.9 Å². The Morgan fingerprint density at radius 3 is 2.30 bits per heavy atom. The van der Waals surface area contributed by atoms with E-state index in [1.807, 2.05) is 0 Å². The molecule has 1 heterocycles. The van der Waals surface area contributed by atoms with Crippen LogP contribution in [0, 0.1) is 5.92 Å². The molecule has 2 aliphatic rings. The second-order valence-electron chi connectivity index (χ2n) is 14.8. The van der Waals surface area contributed by atoms with E-state index in [9.17, 15) is 33.6 Å². The molecule has 4 atom stereocenters. The Morgan fingerprint density at radius 2 is 1.59 bits per heavy atom. The summed E-state index contributed by atoms with van der Waals surface area (Å²) in [6, 6.07) is 12.5. The van der Waals surface area contributed by atoms with Crippen molar-refractivity contribution in [3.05, 3.63) is 65.7 Å². The average molecular weight is 776 g/mol. The Balaban J connectivity index is 1.50. The van der Waals surface area contributed by atoms with Crippen LogP contribution in [0.5, 0.6) is 5.75 Å². The van der Waals surface area contributed by atoms with Crippen LogP contribution in [-0.2, 0) is 44.7 Å². The topological polar surface area (TPSA) is 189 Å². The smallest absolute Gasteiger partial charge is 0.329 e. The summed E-state index contributed by atoms with van der Waals surface area (Å²) in [4.78, 5) is 94.8. The molecule has 1 unspecified atom stereocenters. The molecule has 1 fully saturated rings. The minimum Gasteiger partial charge on any atom is -0.494 e. The van der Waals surface area contributed by atoms with Crippen LogP contribution in [0.4, 0.5) is 0 Å². The van der Waals surface area contributed by atoms with Gasteiger partial charge in [0.25, 0.3) is 11.8 Å². The molecule has 1 aliphatic carbocycles. The van der Waals surface area contributed by atoms with Crippen molar-refractivity contribution in [1.82, 2.24) is 26.2 Å². The highest BCUT2D eigenvalue weighted by Crippen LogP contribution is 2.28. The van der Waals surface area contributed by atoms with E-state index in [0.717, 1.165) is 51.4 Å². The van der Waals surface area contributed by atoms with Gasteiger partial charge in [-0.05, 0) is 61.3 Å². The van der Waals surface area contributed by atoms with Crippen molar-refractivity contribution in [2.45, 2.75) is 115 Å². The minimum absolute atomic E-state index is 0.0617. The molecular formula is C42H57N5O9. The zero-order chi connectivity index (χ0) is 40.5. The van der Waals surface area contributed by atoms with Crippen molar-refractivity contribution in [3.63, 3.8) is 0 Å². The predicted octanol–water partition coefficient (Wildman–Crippen LogP) is 3.46. The van der Waals surface area contributed by atoms with E-state index in [4.69, 9.17) is 9.47 Å². The lowest BCUT2D eigenvalue weighted by atomic mass is 9.83. The lowest BCUT2D eigenvalue weighted by Gasteiger charge is -2.31. The summed E-state index contributed by atoms with van der Waals surface area (Å²) in [7, 11) is 3.11. The molecule has 2 aromatic carbocycles. The largest absolute Gasteiger partial charge is 0.494 e. The first-order chi connectivity index (χ1) is 27.0. The van der Waals surface area contributed by atoms with E-state index in [-0.39, 0.29) is 37.0 Å². The highest BCUT2D eigenvalue weighted by atomic mass is 16.5. The molecule has 1 saturated carbocycles. The first kappa shape index (κ1) is 43.5. The van der Waals surface area contributed by atoms with Gasteiger partial charge in [0.15, 0.2) is 6.10 Å². The molecule has 0 spiro atoms. The highest BCUT2D eigenvalue weighted by molar-refractivity contribution is 6.38. The number of ether oxygens (including phenoxy) is 2. The summed E-state index contributed by atoms with van der Waals surface area (Å²) in [6.45, 7) is 1.65. The summed E-state index contributed by atoms with van der Waals surface area (Å²) in [5.41, 5.74) is 1.18. The van der Waals surface area contributed by atoms with Crippen molar-refractivity contribution >= 4 is 41.3 Å². The van der Waals surface area contributed by atoms with Crippen LogP contribution in [0.2, 0.25) is 0 Å². The lowest BCUT2D eigenvalue weighted by molar-refractivity contribution is -0.160. The Labute approximate surface area is 329 Å². The molecule has 4 rings (SSSR count). The van der Waals surface area contributed by atoms with Crippen LogP contribution in [0.1, 0.15) is 101 Å². The Hall–Kier alpha value is -5.27. The number of esters is 1. The highest BCUT2D eigenvalue weighted by Gasteiger charge is 2.37. The summed E-state index contributed by atoms with van der Waals surface area (Å²) in [5, 5.41) is 10.5. The summed E-state index contributed by atoms with van der Waals surface area (Å²) < 4.78 is 11.9. The fraction of sp³-hybridized carbons (Fsp3) is 0.548. The number of amides is 5. The molecule has 0 aromatic heterocycles. The van der Waals surface area contributed by atoms with Crippen LogP contribution in [0.25, 0.3) is 0 Å². The van der Waals surface area contributed by atoms with Crippen LogP contribution in [0.3, 0.4) is 0 Å². The van der Waals surface area contributed by atoms with Crippen LogP contribution < -0.4 is 26.0 Å². The standard InChI is InChI=1S/C42H57N5O9/c1-4-16-32(38(50)40(52)43-27-35(49)46-36(41(53)47(2)3)29-18-9-7-10-19-29)44-39(51)33-26-28-17-15-22-31(25-28)55-24-14-6-5-13-23-34(48)45-37(42(54)56-33)30-20-11-8-12-21-30/h7,9-10,15,17-19,22,25,30,32-33,36-37H,4-6,8,11-14,16,20-21,23-24,26-27H2,1-3H3,(H,43,52)(H,44,51)(H,45,48)(H,46,49)/t32?,33-,36-,37-/m0/s1. The molecule has 14 heteroatoms. The maximum Gasteiger partial charge on any atom is 0.329 e. The first-order valence-electron chi connectivity index (χ1n) is 19.9. The summed E-state index contributed by atoms with van der Waals surface area (Å²) in [5.74, 6) is -4.52. The van der Waals surface area contributed by atoms with Gasteiger partial charge in [0, 0.05) is 26.9 Å². The molecule has 5 amide bonds. The number of ketones is 1. The maximum absolute atomic E-state index is 14.0. The normalized spacial score (nSPS) is 19.7. The number of fused-ring (bicyclic) bond motifs is 2. The van der Waals surface area contributed by atoms with Crippen LogP contribution >= 0.6 is 0 Å². The van der Waals surface area contributed by atoms with Crippen molar-refractivity contribution < 1.29 is 43.0 Å². The predicted molar refractivity (Wildman–Crippen MR) is 208 cm³/mol. The van der Waals surface area contributed by atoms with E-state index in [1.54, 1.807) is 75.6 Å². The third kappa shape index (κ3) is 13.5. The van der Waals surface area contributed by atoms with Crippen molar-refractivity contribution in [2.75, 3.05) is 27.2 Å². The number of hydrogen-bond donors (Lipinski definition) is 4. The fourth-order valence-electron chi connectivity index (χ4n) is 7.02. The van der Waals surface area contributed by atoms with Gasteiger partial charge in [-0.25, -0.2) is 4.79 Å². The number of cyclic esters (lactones) is 1. The van der Waals surface area contributed by atoms with Gasteiger partial charge in [0.2, 0.25) is 23.5 Å². The van der Waals surface area contributed by atoms with Gasteiger partial charge < -0.3 is 35.6 Å². The second kappa shape index (κ2) is 22.3. The zero-order valence-corrected chi connectivity index (χ0v) is 32.8. The number of Topliss-reactive ketones (excluding diaryl/α,β-unsaturated/α-hetero) is 1. The van der Waals surface area contributed by atoms with Gasteiger partial charge in [0.05, 0.1) is 19.2 Å². The first-order valence-corrected chi connectivity index (χ1v) is 19.9. The molecule has 0 radical (unpaired) electrons. The van der Waals surface area contributed by atoms with Gasteiger partial charge in [-0.15, -0.1) is 0 Å². The monoisotopic (exact) mass is 775 g/mol. The molecular weight excluding hydrogens is 718 g/mol. The number of rotatable bonds is 12. The van der Waals surface area contributed by atoms with E-state index in [1.165, 1.54) is 4.90 Å². The van der Waals surface area contributed by atoms with Gasteiger partial charge in [-0.2, -0.15) is 0 Å². The summed E-state index contributed by atoms with van der Waals surface area (Å²) >= 11 is 0. The van der Waals surface area contributed by atoms with E-state index in [0.29, 0.717) is 36.3 Å². The Kier molecular flexibility index (Phi) is 17.3. The number of carbonyl (C=O) groups is 7. The average Bonchev–Trinajstić information content (AvgIpc) is 3.20. The number of carbonyl (C=O) groups excluding carboxylic acids is 7. The third-order valence-electron chi connectivity index (χ3n) is 10.1. The minimum atomic E-state index is -1.42.